The molecule has 0 saturated carbocycles. The maximum atomic E-state index is 12.6. The third-order valence-corrected chi connectivity index (χ3v) is 4.46. The van der Waals surface area contributed by atoms with Gasteiger partial charge in [0.05, 0.1) is 6.54 Å². The van der Waals surface area contributed by atoms with Gasteiger partial charge in [-0.25, -0.2) is 0 Å². The molecule has 24 heavy (non-hydrogen) atoms. The highest BCUT2D eigenvalue weighted by Crippen LogP contribution is 2.27. The van der Waals surface area contributed by atoms with E-state index >= 15 is 0 Å². The number of methoxy groups -OCH3 is 1. The third-order valence-electron chi connectivity index (χ3n) is 4.46. The number of carbonyl (C=O) groups excluding carboxylic acids is 1. The van der Waals surface area contributed by atoms with Crippen LogP contribution in [-0.4, -0.2) is 48.2 Å². The van der Waals surface area contributed by atoms with Crippen molar-refractivity contribution in [2.75, 3.05) is 26.8 Å². The molecule has 1 aromatic heterocycles. The van der Waals surface area contributed by atoms with Gasteiger partial charge in [0, 0.05) is 31.6 Å². The fourth-order valence-electron chi connectivity index (χ4n) is 2.96. The molecule has 0 bridgehead atoms. The first-order valence-corrected chi connectivity index (χ1v) is 8.06. The highest BCUT2D eigenvalue weighted by atomic mass is 16.5. The first-order valence-electron chi connectivity index (χ1n) is 8.06. The molecule has 1 atom stereocenters. The van der Waals surface area contributed by atoms with E-state index in [1.165, 1.54) is 0 Å². The molecule has 1 aromatic carbocycles. The predicted octanol–water partition coefficient (Wildman–Crippen LogP) is 2.70. The molecule has 126 valence electrons. The van der Waals surface area contributed by atoms with Crippen molar-refractivity contribution < 1.29 is 14.3 Å². The van der Waals surface area contributed by atoms with Gasteiger partial charge in [0.25, 0.3) is 5.91 Å². The molecule has 1 saturated heterocycles. The van der Waals surface area contributed by atoms with Crippen LogP contribution in [0, 0.1) is 6.92 Å². The highest BCUT2D eigenvalue weighted by Gasteiger charge is 2.41. The summed E-state index contributed by atoms with van der Waals surface area (Å²) >= 11 is 0. The summed E-state index contributed by atoms with van der Waals surface area (Å²) in [5, 5.41) is 0. The first kappa shape index (κ1) is 16.5. The van der Waals surface area contributed by atoms with Crippen molar-refractivity contribution in [2.45, 2.75) is 18.9 Å². The molecule has 1 fully saturated rings. The Labute approximate surface area is 142 Å². The Bertz CT molecular complexity index is 705. The van der Waals surface area contributed by atoms with E-state index in [0.29, 0.717) is 25.3 Å². The van der Waals surface area contributed by atoms with Crippen LogP contribution in [-0.2, 0) is 4.74 Å². The van der Waals surface area contributed by atoms with Crippen LogP contribution in [0.2, 0.25) is 0 Å². The Morgan fingerprint density at radius 3 is 2.79 bits per heavy atom. The second-order valence-corrected chi connectivity index (χ2v) is 6.20. The summed E-state index contributed by atoms with van der Waals surface area (Å²) in [5.74, 6) is 0.831. The minimum atomic E-state index is -0.466. The minimum absolute atomic E-state index is 0.00637. The van der Waals surface area contributed by atoms with Gasteiger partial charge in [-0.15, -0.1) is 0 Å². The number of hydrogen-bond donors (Lipinski definition) is 0. The SMILES string of the molecule is CO[C@]1(COc2cccc(C)c2)CCN(C(=O)c2ccncc2)C1. The zero-order chi connectivity index (χ0) is 17.0. The number of aromatic nitrogens is 1. The van der Waals surface area contributed by atoms with Crippen molar-refractivity contribution >= 4 is 5.91 Å². The fourth-order valence-corrected chi connectivity index (χ4v) is 2.96. The van der Waals surface area contributed by atoms with Crippen LogP contribution in [0.1, 0.15) is 22.3 Å². The number of amides is 1. The Morgan fingerprint density at radius 1 is 1.29 bits per heavy atom. The van der Waals surface area contributed by atoms with Crippen LogP contribution in [0.3, 0.4) is 0 Å². The normalized spacial score (nSPS) is 20.2. The first-order chi connectivity index (χ1) is 11.6. The zero-order valence-electron chi connectivity index (χ0n) is 14.1. The molecule has 1 aliphatic heterocycles. The molecule has 3 rings (SSSR count). The van der Waals surface area contributed by atoms with Gasteiger partial charge in [0.1, 0.15) is 18.0 Å². The van der Waals surface area contributed by atoms with Gasteiger partial charge < -0.3 is 14.4 Å². The number of benzene rings is 1. The van der Waals surface area contributed by atoms with Crippen molar-refractivity contribution in [2.24, 2.45) is 0 Å². The van der Waals surface area contributed by atoms with E-state index < -0.39 is 5.60 Å². The lowest BCUT2D eigenvalue weighted by molar-refractivity contribution is -0.0342. The summed E-state index contributed by atoms with van der Waals surface area (Å²) in [6, 6.07) is 11.4. The summed E-state index contributed by atoms with van der Waals surface area (Å²) < 4.78 is 11.7. The van der Waals surface area contributed by atoms with Crippen LogP contribution in [0.5, 0.6) is 5.75 Å². The van der Waals surface area contributed by atoms with Gasteiger partial charge in [0.2, 0.25) is 0 Å². The summed E-state index contributed by atoms with van der Waals surface area (Å²) in [6.45, 7) is 3.64. The standard InChI is InChI=1S/C19H22N2O3/c1-15-4-3-5-17(12-15)24-14-19(23-2)8-11-21(13-19)18(22)16-6-9-20-10-7-16/h3-7,9-10,12H,8,11,13-14H2,1-2H3/t19-/m1/s1. The lowest BCUT2D eigenvalue weighted by atomic mass is 10.0. The maximum absolute atomic E-state index is 12.6. The van der Waals surface area contributed by atoms with E-state index in [0.717, 1.165) is 17.7 Å². The number of ether oxygens (including phenoxy) is 2. The Balaban J connectivity index is 1.65. The lowest BCUT2D eigenvalue weighted by Crippen LogP contribution is -2.42. The highest BCUT2D eigenvalue weighted by molar-refractivity contribution is 5.94. The van der Waals surface area contributed by atoms with Crippen LogP contribution in [0.25, 0.3) is 0 Å². The maximum Gasteiger partial charge on any atom is 0.254 e. The number of carbonyl (C=O) groups is 1. The number of aryl methyl sites for hydroxylation is 1. The van der Waals surface area contributed by atoms with Crippen molar-refractivity contribution in [3.05, 3.63) is 59.9 Å². The monoisotopic (exact) mass is 326 g/mol. The van der Waals surface area contributed by atoms with Crippen LogP contribution >= 0.6 is 0 Å². The number of likely N-dealkylation sites (tertiary alicyclic amines) is 1. The molecule has 5 nitrogen and oxygen atoms in total. The predicted molar refractivity (Wildman–Crippen MR) is 91.2 cm³/mol. The van der Waals surface area contributed by atoms with Crippen LogP contribution < -0.4 is 4.74 Å². The molecule has 0 aliphatic carbocycles. The smallest absolute Gasteiger partial charge is 0.254 e. The number of hydrogen-bond acceptors (Lipinski definition) is 4. The number of pyridine rings is 1. The molecule has 1 amide bonds. The third kappa shape index (κ3) is 3.57. The number of nitrogens with zero attached hydrogens (tertiary/aromatic N) is 2. The van der Waals surface area contributed by atoms with E-state index in [2.05, 4.69) is 4.98 Å². The van der Waals surface area contributed by atoms with Gasteiger partial charge in [0.15, 0.2) is 0 Å². The van der Waals surface area contributed by atoms with Gasteiger partial charge in [-0.3, -0.25) is 9.78 Å². The molecule has 2 aromatic rings. The lowest BCUT2D eigenvalue weighted by Gasteiger charge is -2.28. The Hall–Kier alpha value is -2.40. The van der Waals surface area contributed by atoms with Gasteiger partial charge in [-0.1, -0.05) is 12.1 Å². The molecular formula is C19H22N2O3. The molecule has 0 spiro atoms. The average molecular weight is 326 g/mol. The van der Waals surface area contributed by atoms with Crippen molar-refractivity contribution in [1.29, 1.82) is 0 Å². The molecule has 1 aliphatic rings. The second-order valence-electron chi connectivity index (χ2n) is 6.20. The number of rotatable bonds is 5. The Morgan fingerprint density at radius 2 is 2.08 bits per heavy atom. The summed E-state index contributed by atoms with van der Waals surface area (Å²) in [5.41, 5.74) is 1.34. The van der Waals surface area contributed by atoms with Crippen molar-refractivity contribution in [3.63, 3.8) is 0 Å². The van der Waals surface area contributed by atoms with Crippen LogP contribution in [0.15, 0.2) is 48.8 Å². The molecular weight excluding hydrogens is 304 g/mol. The largest absolute Gasteiger partial charge is 0.491 e. The second kappa shape index (κ2) is 7.01. The summed E-state index contributed by atoms with van der Waals surface area (Å²) in [7, 11) is 1.68. The van der Waals surface area contributed by atoms with Crippen molar-refractivity contribution in [1.82, 2.24) is 9.88 Å². The van der Waals surface area contributed by atoms with Crippen LogP contribution in [0.4, 0.5) is 0 Å². The molecule has 5 heteroatoms. The van der Waals surface area contributed by atoms with E-state index in [1.54, 1.807) is 31.6 Å². The van der Waals surface area contributed by atoms with Gasteiger partial charge in [-0.2, -0.15) is 0 Å². The summed E-state index contributed by atoms with van der Waals surface area (Å²) in [4.78, 5) is 18.3. The Kier molecular flexibility index (Phi) is 4.81. The van der Waals surface area contributed by atoms with Gasteiger partial charge in [-0.05, 0) is 43.2 Å². The molecule has 2 heterocycles. The van der Waals surface area contributed by atoms with E-state index in [-0.39, 0.29) is 5.91 Å². The average Bonchev–Trinajstić information content (AvgIpc) is 3.05. The molecule has 0 radical (unpaired) electrons. The molecule has 0 N–H and O–H groups in total. The van der Waals surface area contributed by atoms with Gasteiger partial charge >= 0.3 is 0 Å². The topological polar surface area (TPSA) is 51.7 Å². The van der Waals surface area contributed by atoms with E-state index in [4.69, 9.17) is 9.47 Å². The van der Waals surface area contributed by atoms with E-state index in [9.17, 15) is 4.79 Å². The van der Waals surface area contributed by atoms with Crippen molar-refractivity contribution in [3.8, 4) is 5.75 Å². The summed E-state index contributed by atoms with van der Waals surface area (Å²) in [6.07, 6.45) is 4.02. The quantitative estimate of drug-likeness (QED) is 0.848. The fraction of sp³-hybridized carbons (Fsp3) is 0.368. The minimum Gasteiger partial charge on any atom is -0.491 e. The molecule has 0 unspecified atom stereocenters. The van der Waals surface area contributed by atoms with E-state index in [1.807, 2.05) is 36.1 Å². The zero-order valence-corrected chi connectivity index (χ0v) is 14.1.